The molecule has 0 spiro atoms. The van der Waals surface area contributed by atoms with Crippen LogP contribution in [0.15, 0.2) is 36.4 Å². The van der Waals surface area contributed by atoms with Crippen molar-refractivity contribution in [1.82, 2.24) is 4.90 Å². The summed E-state index contributed by atoms with van der Waals surface area (Å²) in [6, 6.07) is 11.1. The number of aromatic hydroxyl groups is 1. The van der Waals surface area contributed by atoms with Crippen LogP contribution < -0.4 is 0 Å². The van der Waals surface area contributed by atoms with Gasteiger partial charge in [-0.3, -0.25) is 14.5 Å². The van der Waals surface area contributed by atoms with E-state index in [-0.39, 0.29) is 22.6 Å². The van der Waals surface area contributed by atoms with Crippen LogP contribution in [0.25, 0.3) is 0 Å². The second-order valence-corrected chi connectivity index (χ2v) is 9.95. The molecular formula is C25H31NO3. The summed E-state index contributed by atoms with van der Waals surface area (Å²) >= 11 is 0. The molecule has 0 bridgehead atoms. The smallest absolute Gasteiger partial charge is 0.261 e. The first kappa shape index (κ1) is 21.1. The van der Waals surface area contributed by atoms with E-state index in [9.17, 15) is 14.7 Å². The molecule has 1 aliphatic heterocycles. The maximum absolute atomic E-state index is 12.5. The summed E-state index contributed by atoms with van der Waals surface area (Å²) < 4.78 is 0. The third-order valence-electron chi connectivity index (χ3n) is 5.51. The summed E-state index contributed by atoms with van der Waals surface area (Å²) in [4.78, 5) is 26.4. The molecule has 4 heteroatoms. The van der Waals surface area contributed by atoms with Crippen molar-refractivity contribution in [1.29, 1.82) is 0 Å². The van der Waals surface area contributed by atoms with E-state index in [0.29, 0.717) is 29.8 Å². The predicted molar refractivity (Wildman–Crippen MR) is 116 cm³/mol. The highest BCUT2D eigenvalue weighted by Crippen LogP contribution is 2.40. The molecule has 0 aliphatic carbocycles. The van der Waals surface area contributed by atoms with Gasteiger partial charge in [0.25, 0.3) is 11.8 Å². The Labute approximate surface area is 173 Å². The van der Waals surface area contributed by atoms with Crippen molar-refractivity contribution in [2.75, 3.05) is 6.54 Å². The normalized spacial score (nSPS) is 14.5. The number of hydrogen-bond donors (Lipinski definition) is 1. The van der Waals surface area contributed by atoms with Gasteiger partial charge in [-0.2, -0.15) is 0 Å². The fourth-order valence-electron chi connectivity index (χ4n) is 3.87. The highest BCUT2D eigenvalue weighted by Gasteiger charge is 2.34. The van der Waals surface area contributed by atoms with E-state index < -0.39 is 0 Å². The number of imide groups is 1. The molecule has 0 aromatic heterocycles. The van der Waals surface area contributed by atoms with Crippen LogP contribution in [0, 0.1) is 0 Å². The number of phenols is 1. The molecule has 2 aromatic carbocycles. The van der Waals surface area contributed by atoms with Gasteiger partial charge in [-0.1, -0.05) is 65.8 Å². The highest BCUT2D eigenvalue weighted by atomic mass is 16.3. The van der Waals surface area contributed by atoms with Crippen LogP contribution in [0.1, 0.15) is 85.4 Å². The van der Waals surface area contributed by atoms with Crippen molar-refractivity contribution >= 4 is 11.8 Å². The van der Waals surface area contributed by atoms with Crippen LogP contribution in [0.2, 0.25) is 0 Å². The highest BCUT2D eigenvalue weighted by molar-refractivity contribution is 6.21. The van der Waals surface area contributed by atoms with E-state index in [1.165, 1.54) is 4.90 Å². The van der Waals surface area contributed by atoms with Gasteiger partial charge in [0.2, 0.25) is 0 Å². The van der Waals surface area contributed by atoms with Crippen molar-refractivity contribution in [2.24, 2.45) is 0 Å². The van der Waals surface area contributed by atoms with Gasteiger partial charge in [0, 0.05) is 6.54 Å². The molecule has 2 aromatic rings. The molecule has 1 aliphatic rings. The number of rotatable bonds is 4. The van der Waals surface area contributed by atoms with Crippen LogP contribution in [-0.4, -0.2) is 28.4 Å². The molecule has 29 heavy (non-hydrogen) atoms. The second-order valence-electron chi connectivity index (χ2n) is 9.95. The molecule has 4 nitrogen and oxygen atoms in total. The second kappa shape index (κ2) is 7.33. The molecule has 0 fully saturated rings. The number of amides is 2. The zero-order chi connectivity index (χ0) is 21.6. The summed E-state index contributed by atoms with van der Waals surface area (Å²) in [5, 5.41) is 10.9. The topological polar surface area (TPSA) is 57.6 Å². The Morgan fingerprint density at radius 3 is 1.69 bits per heavy atom. The first-order chi connectivity index (χ1) is 13.4. The number of phenolic OH excluding ortho intramolecular Hbond substituents is 1. The molecule has 0 unspecified atom stereocenters. The lowest BCUT2D eigenvalue weighted by Gasteiger charge is -2.28. The maximum Gasteiger partial charge on any atom is 0.261 e. The Hall–Kier alpha value is -2.62. The molecule has 3 rings (SSSR count). The average Bonchev–Trinajstić information content (AvgIpc) is 2.86. The standard InChI is InChI=1S/C25H31NO3/c1-24(2,3)19-14-16(15-20(21(19)27)25(4,5)6)10-9-13-26-22(28)17-11-7-8-12-18(17)23(26)29/h7-8,11-12,14-15,27H,9-10,13H2,1-6H3. The van der Waals surface area contributed by atoms with Gasteiger partial charge in [0.15, 0.2) is 0 Å². The molecule has 0 radical (unpaired) electrons. The average molecular weight is 394 g/mol. The van der Waals surface area contributed by atoms with Crippen LogP contribution in [0.5, 0.6) is 5.75 Å². The monoisotopic (exact) mass is 393 g/mol. The molecule has 2 amide bonds. The van der Waals surface area contributed by atoms with Gasteiger partial charge in [-0.05, 0) is 52.5 Å². The zero-order valence-electron chi connectivity index (χ0n) is 18.3. The molecule has 1 N–H and O–H groups in total. The lowest BCUT2D eigenvalue weighted by atomic mass is 9.78. The van der Waals surface area contributed by atoms with E-state index in [4.69, 9.17) is 0 Å². The van der Waals surface area contributed by atoms with Gasteiger partial charge < -0.3 is 5.11 Å². The van der Waals surface area contributed by atoms with E-state index in [2.05, 4.69) is 53.7 Å². The fraction of sp³-hybridized carbons (Fsp3) is 0.440. The minimum Gasteiger partial charge on any atom is -0.507 e. The third kappa shape index (κ3) is 4.07. The number of nitrogens with zero attached hydrogens (tertiary/aromatic N) is 1. The van der Waals surface area contributed by atoms with Crippen molar-refractivity contribution in [2.45, 2.75) is 65.2 Å². The number of benzene rings is 2. The van der Waals surface area contributed by atoms with Crippen molar-refractivity contribution < 1.29 is 14.7 Å². The molecular weight excluding hydrogens is 362 g/mol. The quantitative estimate of drug-likeness (QED) is 0.725. The molecule has 0 atom stereocenters. The first-order valence-corrected chi connectivity index (χ1v) is 10.2. The zero-order valence-corrected chi connectivity index (χ0v) is 18.3. The van der Waals surface area contributed by atoms with E-state index in [1.807, 2.05) is 0 Å². The summed E-state index contributed by atoms with van der Waals surface area (Å²) in [5.41, 5.74) is 3.61. The van der Waals surface area contributed by atoms with Gasteiger partial charge in [0.05, 0.1) is 11.1 Å². The van der Waals surface area contributed by atoms with E-state index in [1.54, 1.807) is 24.3 Å². The Kier molecular flexibility index (Phi) is 5.33. The lowest BCUT2D eigenvalue weighted by molar-refractivity contribution is 0.0652. The summed E-state index contributed by atoms with van der Waals surface area (Å²) in [7, 11) is 0. The molecule has 154 valence electrons. The third-order valence-corrected chi connectivity index (χ3v) is 5.51. The largest absolute Gasteiger partial charge is 0.507 e. The number of hydrogen-bond acceptors (Lipinski definition) is 3. The van der Waals surface area contributed by atoms with Crippen molar-refractivity contribution in [3.8, 4) is 5.75 Å². The summed E-state index contributed by atoms with van der Waals surface area (Å²) in [6.45, 7) is 13.0. The summed E-state index contributed by atoms with van der Waals surface area (Å²) in [5.74, 6) is -0.0433. The van der Waals surface area contributed by atoms with Crippen molar-refractivity contribution in [3.63, 3.8) is 0 Å². The first-order valence-electron chi connectivity index (χ1n) is 10.2. The van der Waals surface area contributed by atoms with Crippen molar-refractivity contribution in [3.05, 3.63) is 64.2 Å². The minimum absolute atomic E-state index is 0.178. The van der Waals surface area contributed by atoms with Crippen LogP contribution in [-0.2, 0) is 17.3 Å². The van der Waals surface area contributed by atoms with Crippen LogP contribution >= 0.6 is 0 Å². The van der Waals surface area contributed by atoms with Gasteiger partial charge >= 0.3 is 0 Å². The lowest BCUT2D eigenvalue weighted by Crippen LogP contribution is -2.31. The predicted octanol–water partition coefficient (Wildman–Crippen LogP) is 5.22. The number of carbonyl (C=O) groups is 2. The molecule has 0 saturated heterocycles. The summed E-state index contributed by atoms with van der Waals surface area (Å²) in [6.07, 6.45) is 1.42. The fourth-order valence-corrected chi connectivity index (χ4v) is 3.87. The number of aryl methyl sites for hydroxylation is 1. The number of fused-ring (bicyclic) bond motifs is 1. The number of carbonyl (C=O) groups excluding carboxylic acids is 2. The van der Waals surface area contributed by atoms with E-state index in [0.717, 1.165) is 23.1 Å². The Bertz CT molecular complexity index is 891. The molecule has 1 heterocycles. The maximum atomic E-state index is 12.5. The molecule has 0 saturated carbocycles. The Morgan fingerprint density at radius 2 is 1.28 bits per heavy atom. The minimum atomic E-state index is -0.206. The van der Waals surface area contributed by atoms with Crippen LogP contribution in [0.3, 0.4) is 0 Å². The van der Waals surface area contributed by atoms with Crippen LogP contribution in [0.4, 0.5) is 0 Å². The van der Waals surface area contributed by atoms with Gasteiger partial charge in [-0.15, -0.1) is 0 Å². The van der Waals surface area contributed by atoms with Gasteiger partial charge in [-0.25, -0.2) is 0 Å². The SMILES string of the molecule is CC(C)(C)c1cc(CCCN2C(=O)c3ccccc3C2=O)cc(C(C)(C)C)c1O. The van der Waals surface area contributed by atoms with E-state index >= 15 is 0 Å². The Balaban J connectivity index is 1.80. The Morgan fingerprint density at radius 1 is 0.828 bits per heavy atom. The van der Waals surface area contributed by atoms with Gasteiger partial charge in [0.1, 0.15) is 5.75 Å².